The van der Waals surface area contributed by atoms with Crippen LogP contribution in [0.4, 0.5) is 10.1 Å². The SMILES string of the molecule is CC(N)c1ccc(C(=O)Nc2ccc(F)cc2)o1. The van der Waals surface area contributed by atoms with Crippen molar-refractivity contribution in [2.45, 2.75) is 13.0 Å². The highest BCUT2D eigenvalue weighted by molar-refractivity contribution is 6.02. The third-order valence-electron chi connectivity index (χ3n) is 2.40. The zero-order valence-electron chi connectivity index (χ0n) is 9.81. The van der Waals surface area contributed by atoms with Crippen molar-refractivity contribution < 1.29 is 13.6 Å². The number of furan rings is 1. The van der Waals surface area contributed by atoms with Crippen molar-refractivity contribution in [1.82, 2.24) is 0 Å². The second-order valence-electron chi connectivity index (χ2n) is 3.95. The van der Waals surface area contributed by atoms with Crippen LogP contribution in [0.2, 0.25) is 0 Å². The smallest absolute Gasteiger partial charge is 0.291 e. The number of nitrogens with one attached hydrogen (secondary N) is 1. The summed E-state index contributed by atoms with van der Waals surface area (Å²) in [5.41, 5.74) is 6.13. The average molecular weight is 248 g/mol. The summed E-state index contributed by atoms with van der Waals surface area (Å²) in [5.74, 6) is -0.0374. The van der Waals surface area contributed by atoms with E-state index in [9.17, 15) is 9.18 Å². The monoisotopic (exact) mass is 248 g/mol. The molecule has 18 heavy (non-hydrogen) atoms. The Balaban J connectivity index is 2.09. The molecule has 1 aromatic heterocycles. The van der Waals surface area contributed by atoms with Crippen molar-refractivity contribution in [2.24, 2.45) is 5.73 Å². The van der Waals surface area contributed by atoms with Gasteiger partial charge in [-0.2, -0.15) is 0 Å². The topological polar surface area (TPSA) is 68.3 Å². The number of rotatable bonds is 3. The quantitative estimate of drug-likeness (QED) is 0.877. The second kappa shape index (κ2) is 5.01. The van der Waals surface area contributed by atoms with Crippen LogP contribution in [-0.4, -0.2) is 5.91 Å². The molecule has 0 spiro atoms. The van der Waals surface area contributed by atoms with Crippen molar-refractivity contribution in [3.8, 4) is 0 Å². The van der Waals surface area contributed by atoms with E-state index in [4.69, 9.17) is 10.2 Å². The van der Waals surface area contributed by atoms with Crippen LogP contribution < -0.4 is 11.1 Å². The maximum atomic E-state index is 12.7. The van der Waals surface area contributed by atoms with Crippen LogP contribution >= 0.6 is 0 Å². The molecule has 1 aromatic carbocycles. The summed E-state index contributed by atoms with van der Waals surface area (Å²) in [4.78, 5) is 11.8. The molecular weight excluding hydrogens is 235 g/mol. The van der Waals surface area contributed by atoms with Gasteiger partial charge in [0.05, 0.1) is 6.04 Å². The molecule has 0 radical (unpaired) electrons. The number of nitrogens with two attached hydrogens (primary N) is 1. The number of carbonyl (C=O) groups excluding carboxylic acids is 1. The summed E-state index contributed by atoms with van der Waals surface area (Å²) in [6.07, 6.45) is 0. The van der Waals surface area contributed by atoms with Crippen LogP contribution in [0.1, 0.15) is 29.3 Å². The fourth-order valence-corrected chi connectivity index (χ4v) is 1.45. The van der Waals surface area contributed by atoms with Gasteiger partial charge in [-0.05, 0) is 43.3 Å². The predicted octanol–water partition coefficient (Wildman–Crippen LogP) is 2.69. The van der Waals surface area contributed by atoms with Gasteiger partial charge in [0.1, 0.15) is 11.6 Å². The Kier molecular flexibility index (Phi) is 3.43. The van der Waals surface area contributed by atoms with Gasteiger partial charge in [0.25, 0.3) is 5.91 Å². The fourth-order valence-electron chi connectivity index (χ4n) is 1.45. The summed E-state index contributed by atoms with van der Waals surface area (Å²) >= 11 is 0. The lowest BCUT2D eigenvalue weighted by Crippen LogP contribution is -2.11. The first-order valence-electron chi connectivity index (χ1n) is 5.48. The van der Waals surface area contributed by atoms with E-state index in [1.165, 1.54) is 24.3 Å². The lowest BCUT2D eigenvalue weighted by Gasteiger charge is -2.03. The summed E-state index contributed by atoms with van der Waals surface area (Å²) in [6, 6.07) is 8.43. The van der Waals surface area contributed by atoms with Crippen LogP contribution in [0, 0.1) is 5.82 Å². The predicted molar refractivity (Wildman–Crippen MR) is 65.7 cm³/mol. The largest absolute Gasteiger partial charge is 0.454 e. The van der Waals surface area contributed by atoms with E-state index in [1.807, 2.05) is 0 Å². The van der Waals surface area contributed by atoms with Gasteiger partial charge in [0.2, 0.25) is 0 Å². The molecule has 3 N–H and O–H groups in total. The van der Waals surface area contributed by atoms with E-state index in [1.54, 1.807) is 19.1 Å². The number of halogens is 1. The van der Waals surface area contributed by atoms with Gasteiger partial charge in [-0.3, -0.25) is 4.79 Å². The number of carbonyl (C=O) groups is 1. The zero-order chi connectivity index (χ0) is 13.1. The third kappa shape index (κ3) is 2.75. The zero-order valence-corrected chi connectivity index (χ0v) is 9.81. The van der Waals surface area contributed by atoms with Crippen LogP contribution in [0.5, 0.6) is 0 Å². The molecule has 94 valence electrons. The maximum absolute atomic E-state index is 12.7. The molecule has 2 rings (SSSR count). The molecule has 1 unspecified atom stereocenters. The Hall–Kier alpha value is -2.14. The number of anilines is 1. The number of hydrogen-bond acceptors (Lipinski definition) is 3. The van der Waals surface area contributed by atoms with Gasteiger partial charge in [0.15, 0.2) is 5.76 Å². The minimum atomic E-state index is -0.395. The molecule has 1 heterocycles. The van der Waals surface area contributed by atoms with Crippen molar-refractivity contribution in [3.05, 3.63) is 53.7 Å². The van der Waals surface area contributed by atoms with Gasteiger partial charge in [0, 0.05) is 5.69 Å². The third-order valence-corrected chi connectivity index (χ3v) is 2.40. The van der Waals surface area contributed by atoms with Gasteiger partial charge in [-0.15, -0.1) is 0 Å². The first-order valence-corrected chi connectivity index (χ1v) is 5.48. The molecule has 0 aliphatic carbocycles. The van der Waals surface area contributed by atoms with Crippen molar-refractivity contribution in [1.29, 1.82) is 0 Å². The highest BCUT2D eigenvalue weighted by Crippen LogP contribution is 2.16. The van der Waals surface area contributed by atoms with Gasteiger partial charge < -0.3 is 15.5 Å². The van der Waals surface area contributed by atoms with Crippen LogP contribution in [0.15, 0.2) is 40.8 Å². The molecule has 0 saturated carbocycles. The number of hydrogen-bond donors (Lipinski definition) is 2. The first-order chi connectivity index (χ1) is 8.56. The fraction of sp³-hybridized carbons (Fsp3) is 0.154. The Morgan fingerprint density at radius 3 is 2.50 bits per heavy atom. The summed E-state index contributed by atoms with van der Waals surface area (Å²) in [6.45, 7) is 1.76. The molecule has 0 fully saturated rings. The second-order valence-corrected chi connectivity index (χ2v) is 3.95. The number of benzene rings is 1. The first kappa shape index (κ1) is 12.3. The Morgan fingerprint density at radius 1 is 1.28 bits per heavy atom. The van der Waals surface area contributed by atoms with Crippen molar-refractivity contribution in [3.63, 3.8) is 0 Å². The normalized spacial score (nSPS) is 12.2. The van der Waals surface area contributed by atoms with Gasteiger partial charge >= 0.3 is 0 Å². The van der Waals surface area contributed by atoms with E-state index in [-0.39, 0.29) is 17.6 Å². The highest BCUT2D eigenvalue weighted by atomic mass is 19.1. The Morgan fingerprint density at radius 2 is 1.94 bits per heavy atom. The van der Waals surface area contributed by atoms with Crippen LogP contribution in [0.3, 0.4) is 0 Å². The molecule has 5 heteroatoms. The van der Waals surface area contributed by atoms with Crippen LogP contribution in [-0.2, 0) is 0 Å². The lowest BCUT2D eigenvalue weighted by molar-refractivity contribution is 0.0994. The molecule has 1 atom stereocenters. The minimum Gasteiger partial charge on any atom is -0.454 e. The lowest BCUT2D eigenvalue weighted by atomic mass is 10.3. The van der Waals surface area contributed by atoms with Gasteiger partial charge in [-0.25, -0.2) is 4.39 Å². The van der Waals surface area contributed by atoms with E-state index < -0.39 is 5.91 Å². The highest BCUT2D eigenvalue weighted by Gasteiger charge is 2.13. The Bertz CT molecular complexity index is 546. The van der Waals surface area contributed by atoms with Crippen molar-refractivity contribution in [2.75, 3.05) is 5.32 Å². The number of amides is 1. The average Bonchev–Trinajstić information content (AvgIpc) is 2.81. The van der Waals surface area contributed by atoms with Crippen molar-refractivity contribution >= 4 is 11.6 Å². The molecule has 0 saturated heterocycles. The molecule has 1 amide bonds. The standard InChI is InChI=1S/C13H13FN2O2/c1-8(15)11-6-7-12(18-11)13(17)16-10-4-2-9(14)3-5-10/h2-8H,15H2,1H3,(H,16,17). The summed E-state index contributed by atoms with van der Waals surface area (Å²) in [7, 11) is 0. The van der Waals surface area contributed by atoms with E-state index in [2.05, 4.69) is 5.32 Å². The Labute approximate surface area is 104 Å². The maximum Gasteiger partial charge on any atom is 0.291 e. The van der Waals surface area contributed by atoms with E-state index in [0.717, 1.165) is 0 Å². The molecule has 0 aliphatic rings. The van der Waals surface area contributed by atoms with Gasteiger partial charge in [-0.1, -0.05) is 0 Å². The molecule has 4 nitrogen and oxygen atoms in total. The van der Waals surface area contributed by atoms with Crippen LogP contribution in [0.25, 0.3) is 0 Å². The minimum absolute atomic E-state index is 0.173. The molecule has 0 aliphatic heterocycles. The molecule has 0 bridgehead atoms. The van der Waals surface area contributed by atoms with E-state index >= 15 is 0 Å². The van der Waals surface area contributed by atoms with E-state index in [0.29, 0.717) is 11.4 Å². The summed E-state index contributed by atoms with van der Waals surface area (Å²) in [5, 5.41) is 2.60. The summed E-state index contributed by atoms with van der Waals surface area (Å²) < 4.78 is 18.0. The molecule has 2 aromatic rings. The molecular formula is C13H13FN2O2.